The van der Waals surface area contributed by atoms with E-state index in [2.05, 4.69) is 15.6 Å². The normalized spacial score (nSPS) is 11.8. The van der Waals surface area contributed by atoms with E-state index in [-0.39, 0.29) is 18.0 Å². The summed E-state index contributed by atoms with van der Waals surface area (Å²) >= 11 is 0. The molecule has 0 saturated carbocycles. The number of nitrogens with one attached hydrogen (secondary N) is 1. The van der Waals surface area contributed by atoms with Crippen molar-refractivity contribution in [3.8, 4) is 11.5 Å². The first-order valence-electron chi connectivity index (χ1n) is 12.7. The number of methoxy groups -OCH3 is 2. The highest BCUT2D eigenvalue weighted by molar-refractivity contribution is 6.02. The quantitative estimate of drug-likeness (QED) is 0.304. The van der Waals surface area contributed by atoms with Gasteiger partial charge in [-0.3, -0.25) is 14.5 Å². The molecule has 0 aliphatic rings. The van der Waals surface area contributed by atoms with E-state index in [9.17, 15) is 9.59 Å². The van der Waals surface area contributed by atoms with Crippen molar-refractivity contribution in [2.75, 3.05) is 25.7 Å². The number of rotatable bonds is 11. The Morgan fingerprint density at radius 2 is 1.74 bits per heavy atom. The van der Waals surface area contributed by atoms with Crippen LogP contribution in [0.3, 0.4) is 0 Å². The van der Waals surface area contributed by atoms with Crippen LogP contribution in [0.1, 0.15) is 31.9 Å². The number of hydrogen-bond donors (Lipinski definition) is 1. The SMILES string of the molecule is COc1cccc([C@@H](C(=O)NCCC(C)C)N(C(=O)Cn2nnc3ccccc32)c2ccccc2F)c1OC. The van der Waals surface area contributed by atoms with Crippen LogP contribution < -0.4 is 19.7 Å². The van der Waals surface area contributed by atoms with Gasteiger partial charge < -0.3 is 14.8 Å². The Morgan fingerprint density at radius 1 is 1.00 bits per heavy atom. The minimum Gasteiger partial charge on any atom is -0.493 e. The standard InChI is InChI=1S/C29H32FN5O4/c1-19(2)16-17-31-29(37)27(20-10-9-15-25(38-3)28(20)39-4)35(23-13-7-5-11-21(23)30)26(36)18-34-24-14-8-6-12-22(24)32-33-34/h5-15,19,27H,16-18H2,1-4H3,(H,31,37)/t27-/m0/s1. The summed E-state index contributed by atoms with van der Waals surface area (Å²) < 4.78 is 27.9. The Labute approximate surface area is 226 Å². The lowest BCUT2D eigenvalue weighted by molar-refractivity contribution is -0.127. The zero-order chi connectivity index (χ0) is 27.9. The molecule has 204 valence electrons. The smallest absolute Gasteiger partial charge is 0.249 e. The fourth-order valence-electron chi connectivity index (χ4n) is 4.41. The number of anilines is 1. The van der Waals surface area contributed by atoms with Crippen molar-refractivity contribution in [2.24, 2.45) is 5.92 Å². The molecule has 1 atom stereocenters. The first-order valence-corrected chi connectivity index (χ1v) is 12.7. The number of para-hydroxylation sites is 3. The van der Waals surface area contributed by atoms with Gasteiger partial charge in [-0.25, -0.2) is 9.07 Å². The Morgan fingerprint density at radius 3 is 2.46 bits per heavy atom. The van der Waals surface area contributed by atoms with Crippen LogP contribution in [-0.2, 0) is 16.1 Å². The third kappa shape index (κ3) is 6.00. The van der Waals surface area contributed by atoms with Crippen molar-refractivity contribution in [1.29, 1.82) is 0 Å². The second-order valence-corrected chi connectivity index (χ2v) is 9.41. The number of hydrogen-bond acceptors (Lipinski definition) is 6. The number of fused-ring (bicyclic) bond motifs is 1. The van der Waals surface area contributed by atoms with Gasteiger partial charge in [-0.1, -0.05) is 55.5 Å². The summed E-state index contributed by atoms with van der Waals surface area (Å²) in [5.74, 6) is -0.717. The summed E-state index contributed by atoms with van der Waals surface area (Å²) in [5, 5.41) is 11.2. The summed E-state index contributed by atoms with van der Waals surface area (Å²) in [6.45, 7) is 4.20. The largest absolute Gasteiger partial charge is 0.493 e. The molecule has 0 saturated heterocycles. The number of aromatic nitrogens is 3. The molecular weight excluding hydrogens is 501 g/mol. The van der Waals surface area contributed by atoms with E-state index < -0.39 is 23.7 Å². The highest BCUT2D eigenvalue weighted by Gasteiger charge is 2.37. The molecule has 1 heterocycles. The Bertz CT molecular complexity index is 1450. The lowest BCUT2D eigenvalue weighted by Gasteiger charge is -2.32. The highest BCUT2D eigenvalue weighted by Crippen LogP contribution is 2.39. The summed E-state index contributed by atoms with van der Waals surface area (Å²) in [7, 11) is 2.93. The molecule has 0 spiro atoms. The summed E-state index contributed by atoms with van der Waals surface area (Å²) in [6.07, 6.45) is 0.728. The number of carbonyl (C=O) groups excluding carboxylic acids is 2. The fourth-order valence-corrected chi connectivity index (χ4v) is 4.41. The van der Waals surface area contributed by atoms with Gasteiger partial charge in [0.15, 0.2) is 11.5 Å². The molecule has 9 nitrogen and oxygen atoms in total. The number of amides is 2. The predicted molar refractivity (Wildman–Crippen MR) is 146 cm³/mol. The van der Waals surface area contributed by atoms with Gasteiger partial charge in [-0.05, 0) is 42.7 Å². The van der Waals surface area contributed by atoms with Crippen LogP contribution in [0.5, 0.6) is 11.5 Å². The molecule has 0 aliphatic heterocycles. The maximum absolute atomic E-state index is 15.3. The molecule has 0 bridgehead atoms. The maximum atomic E-state index is 15.3. The molecule has 1 aromatic heterocycles. The van der Waals surface area contributed by atoms with Gasteiger partial charge in [0.1, 0.15) is 23.9 Å². The molecule has 1 N–H and O–H groups in total. The third-order valence-electron chi connectivity index (χ3n) is 6.34. The molecule has 2 amide bonds. The van der Waals surface area contributed by atoms with Crippen LogP contribution in [0.4, 0.5) is 10.1 Å². The zero-order valence-electron chi connectivity index (χ0n) is 22.4. The zero-order valence-corrected chi connectivity index (χ0v) is 22.4. The highest BCUT2D eigenvalue weighted by atomic mass is 19.1. The van der Waals surface area contributed by atoms with E-state index in [1.54, 1.807) is 36.4 Å². The van der Waals surface area contributed by atoms with Gasteiger partial charge in [0.05, 0.1) is 25.4 Å². The number of benzene rings is 3. The molecule has 3 aromatic carbocycles. The lowest BCUT2D eigenvalue weighted by atomic mass is 10.0. The van der Waals surface area contributed by atoms with E-state index in [1.165, 1.54) is 37.1 Å². The minimum absolute atomic E-state index is 0.0548. The van der Waals surface area contributed by atoms with E-state index in [1.807, 2.05) is 26.0 Å². The second-order valence-electron chi connectivity index (χ2n) is 9.41. The average molecular weight is 534 g/mol. The molecular formula is C29H32FN5O4. The monoisotopic (exact) mass is 533 g/mol. The van der Waals surface area contributed by atoms with Gasteiger partial charge >= 0.3 is 0 Å². The number of ether oxygens (including phenoxy) is 2. The molecule has 4 aromatic rings. The van der Waals surface area contributed by atoms with Crippen LogP contribution in [0.15, 0.2) is 66.7 Å². The Hall–Kier alpha value is -4.47. The van der Waals surface area contributed by atoms with Gasteiger partial charge in [-0.15, -0.1) is 5.10 Å². The molecule has 0 aliphatic carbocycles. The first kappa shape index (κ1) is 27.6. The number of halogens is 1. The number of carbonyl (C=O) groups is 2. The van der Waals surface area contributed by atoms with Gasteiger partial charge in [-0.2, -0.15) is 0 Å². The van der Waals surface area contributed by atoms with Crippen LogP contribution in [-0.4, -0.2) is 47.6 Å². The maximum Gasteiger partial charge on any atom is 0.249 e. The molecule has 39 heavy (non-hydrogen) atoms. The van der Waals surface area contributed by atoms with Gasteiger partial charge in [0.2, 0.25) is 11.8 Å². The summed E-state index contributed by atoms with van der Waals surface area (Å²) in [4.78, 5) is 29.1. The molecule has 0 fully saturated rings. The van der Waals surface area contributed by atoms with Crippen molar-refractivity contribution < 1.29 is 23.5 Å². The van der Waals surface area contributed by atoms with Crippen molar-refractivity contribution >= 4 is 28.5 Å². The van der Waals surface area contributed by atoms with Gasteiger partial charge in [0.25, 0.3) is 0 Å². The van der Waals surface area contributed by atoms with Gasteiger partial charge in [0, 0.05) is 12.1 Å². The molecule has 0 unspecified atom stereocenters. The third-order valence-corrected chi connectivity index (χ3v) is 6.34. The Kier molecular flexibility index (Phi) is 8.75. The Balaban J connectivity index is 1.86. The van der Waals surface area contributed by atoms with Crippen molar-refractivity contribution in [2.45, 2.75) is 32.9 Å². The second kappa shape index (κ2) is 12.4. The number of nitrogens with zero attached hydrogens (tertiary/aromatic N) is 4. The predicted octanol–water partition coefficient (Wildman–Crippen LogP) is 4.52. The average Bonchev–Trinajstić information content (AvgIpc) is 3.34. The van der Waals surface area contributed by atoms with Crippen molar-refractivity contribution in [3.63, 3.8) is 0 Å². The van der Waals surface area contributed by atoms with Crippen molar-refractivity contribution in [3.05, 3.63) is 78.1 Å². The summed E-state index contributed by atoms with van der Waals surface area (Å²) in [6, 6.07) is 16.8. The van der Waals surface area contributed by atoms with Crippen LogP contribution >= 0.6 is 0 Å². The molecule has 0 radical (unpaired) electrons. The van der Waals surface area contributed by atoms with Crippen LogP contribution in [0.2, 0.25) is 0 Å². The van der Waals surface area contributed by atoms with E-state index >= 15 is 4.39 Å². The van der Waals surface area contributed by atoms with Crippen molar-refractivity contribution in [1.82, 2.24) is 20.3 Å². The topological polar surface area (TPSA) is 98.6 Å². The van der Waals surface area contributed by atoms with E-state index in [4.69, 9.17) is 9.47 Å². The summed E-state index contributed by atoms with van der Waals surface area (Å²) in [5.41, 5.74) is 1.54. The van der Waals surface area contributed by atoms with E-state index in [0.717, 1.165) is 11.3 Å². The first-order chi connectivity index (χ1) is 18.8. The lowest BCUT2D eigenvalue weighted by Crippen LogP contribution is -2.46. The minimum atomic E-state index is -1.28. The van der Waals surface area contributed by atoms with Crippen LogP contribution in [0.25, 0.3) is 11.0 Å². The molecule has 10 heteroatoms. The molecule has 4 rings (SSSR count). The van der Waals surface area contributed by atoms with Crippen LogP contribution in [0, 0.1) is 11.7 Å². The fraction of sp³-hybridized carbons (Fsp3) is 0.310. The van der Waals surface area contributed by atoms with E-state index in [0.29, 0.717) is 34.8 Å².